The topological polar surface area (TPSA) is 102 Å². The van der Waals surface area contributed by atoms with Gasteiger partial charge in [-0.05, 0) is 54.7 Å². The highest BCUT2D eigenvalue weighted by molar-refractivity contribution is 5.91. The number of hydrogen-bond acceptors (Lipinski definition) is 5. The summed E-state index contributed by atoms with van der Waals surface area (Å²) in [7, 11) is 0. The van der Waals surface area contributed by atoms with Crippen LogP contribution in [-0.2, 0) is 9.59 Å². The van der Waals surface area contributed by atoms with Gasteiger partial charge in [-0.1, -0.05) is 12.1 Å². The van der Waals surface area contributed by atoms with Crippen LogP contribution in [0.2, 0.25) is 0 Å². The number of tetrazole rings is 1. The molecule has 2 saturated carbocycles. The summed E-state index contributed by atoms with van der Waals surface area (Å²) < 4.78 is 1.85. The van der Waals surface area contributed by atoms with Crippen LogP contribution in [0, 0.1) is 5.92 Å². The molecule has 0 atom stereocenters. The van der Waals surface area contributed by atoms with E-state index >= 15 is 0 Å². The molecule has 0 saturated heterocycles. The monoisotopic (exact) mass is 354 g/mol. The zero-order valence-corrected chi connectivity index (χ0v) is 14.5. The fourth-order valence-electron chi connectivity index (χ4n) is 2.86. The molecule has 8 nitrogen and oxygen atoms in total. The molecule has 0 radical (unpaired) electrons. The second-order valence-electron chi connectivity index (χ2n) is 6.98. The van der Waals surface area contributed by atoms with Gasteiger partial charge in [-0.25, -0.2) is 4.68 Å². The molecule has 0 spiro atoms. The summed E-state index contributed by atoms with van der Waals surface area (Å²) in [6, 6.07) is 7.95. The molecule has 2 N–H and O–H groups in total. The van der Waals surface area contributed by atoms with Gasteiger partial charge in [0.15, 0.2) is 5.82 Å². The van der Waals surface area contributed by atoms with Crippen LogP contribution < -0.4 is 10.6 Å². The quantitative estimate of drug-likeness (QED) is 0.705. The van der Waals surface area contributed by atoms with Crippen molar-refractivity contribution in [3.63, 3.8) is 0 Å². The van der Waals surface area contributed by atoms with Gasteiger partial charge in [-0.15, -0.1) is 5.10 Å². The Morgan fingerprint density at radius 3 is 2.81 bits per heavy atom. The molecular weight excluding hydrogens is 332 g/mol. The van der Waals surface area contributed by atoms with E-state index < -0.39 is 0 Å². The largest absolute Gasteiger partial charge is 0.356 e. The third kappa shape index (κ3) is 4.07. The van der Waals surface area contributed by atoms with Crippen molar-refractivity contribution in [1.29, 1.82) is 0 Å². The van der Waals surface area contributed by atoms with Crippen molar-refractivity contribution in [3.05, 3.63) is 24.3 Å². The smallest absolute Gasteiger partial charge is 0.224 e. The van der Waals surface area contributed by atoms with Gasteiger partial charge in [0.25, 0.3) is 0 Å². The van der Waals surface area contributed by atoms with E-state index in [9.17, 15) is 9.59 Å². The average Bonchev–Trinajstić information content (AvgIpc) is 3.57. The molecule has 2 fully saturated rings. The molecule has 0 unspecified atom stereocenters. The van der Waals surface area contributed by atoms with Gasteiger partial charge in [-0.2, -0.15) is 0 Å². The van der Waals surface area contributed by atoms with E-state index in [1.807, 2.05) is 28.9 Å². The fraction of sp³-hybridized carbons (Fsp3) is 0.500. The molecule has 1 heterocycles. The molecule has 8 heteroatoms. The van der Waals surface area contributed by atoms with E-state index in [-0.39, 0.29) is 17.7 Å². The minimum Gasteiger partial charge on any atom is -0.356 e. The van der Waals surface area contributed by atoms with Crippen LogP contribution >= 0.6 is 0 Å². The van der Waals surface area contributed by atoms with Crippen LogP contribution in [0.25, 0.3) is 11.4 Å². The lowest BCUT2D eigenvalue weighted by Gasteiger charge is -2.08. The van der Waals surface area contributed by atoms with Crippen molar-refractivity contribution in [2.45, 2.75) is 44.6 Å². The molecule has 2 aliphatic carbocycles. The lowest BCUT2D eigenvalue weighted by molar-refractivity contribution is -0.122. The third-order valence-electron chi connectivity index (χ3n) is 4.62. The Labute approximate surface area is 151 Å². The Morgan fingerprint density at radius 1 is 1.19 bits per heavy atom. The number of nitrogens with zero attached hydrogens (tertiary/aromatic N) is 4. The standard InChI is InChI=1S/C18H22N6O2/c25-16(5-2-10-19-18(26)12-6-7-12)20-14-4-1-3-13(11-14)17-21-22-23-24(17)15-8-9-15/h1,3-4,11-12,15H,2,5-10H2,(H,19,26)(H,20,25). The summed E-state index contributed by atoms with van der Waals surface area (Å²) >= 11 is 0. The molecule has 1 aromatic carbocycles. The molecule has 2 amide bonds. The van der Waals surface area contributed by atoms with Crippen molar-refractivity contribution in [2.75, 3.05) is 11.9 Å². The number of hydrogen-bond donors (Lipinski definition) is 2. The van der Waals surface area contributed by atoms with Crippen molar-refractivity contribution >= 4 is 17.5 Å². The molecular formula is C18H22N6O2. The van der Waals surface area contributed by atoms with Crippen LogP contribution in [-0.4, -0.2) is 38.6 Å². The van der Waals surface area contributed by atoms with Crippen LogP contribution in [0.15, 0.2) is 24.3 Å². The maximum Gasteiger partial charge on any atom is 0.224 e. The molecule has 4 rings (SSSR count). The lowest BCUT2D eigenvalue weighted by Crippen LogP contribution is -2.26. The predicted molar refractivity (Wildman–Crippen MR) is 95.1 cm³/mol. The summed E-state index contributed by atoms with van der Waals surface area (Å²) in [6.07, 6.45) is 5.19. The summed E-state index contributed by atoms with van der Waals surface area (Å²) in [4.78, 5) is 23.7. The van der Waals surface area contributed by atoms with Crippen molar-refractivity contribution in [1.82, 2.24) is 25.5 Å². The predicted octanol–water partition coefficient (Wildman–Crippen LogP) is 1.92. The van der Waals surface area contributed by atoms with E-state index in [4.69, 9.17) is 0 Å². The second-order valence-corrected chi connectivity index (χ2v) is 6.98. The SMILES string of the molecule is O=C(CCCNC(=O)C1CC1)Nc1cccc(-c2nnnn2C2CC2)c1. The Hall–Kier alpha value is -2.77. The molecule has 0 aliphatic heterocycles. The van der Waals surface area contributed by atoms with Crippen LogP contribution in [0.5, 0.6) is 0 Å². The van der Waals surface area contributed by atoms with E-state index in [2.05, 4.69) is 26.2 Å². The van der Waals surface area contributed by atoms with Crippen LogP contribution in [0.1, 0.15) is 44.6 Å². The van der Waals surface area contributed by atoms with Crippen LogP contribution in [0.3, 0.4) is 0 Å². The number of carbonyl (C=O) groups excluding carboxylic acids is 2. The number of aromatic nitrogens is 4. The summed E-state index contributed by atoms with van der Waals surface area (Å²) in [5, 5.41) is 17.7. The highest BCUT2D eigenvalue weighted by Gasteiger charge is 2.29. The lowest BCUT2D eigenvalue weighted by atomic mass is 10.2. The first kappa shape index (κ1) is 16.7. The third-order valence-corrected chi connectivity index (χ3v) is 4.62. The first-order valence-electron chi connectivity index (χ1n) is 9.16. The Balaban J connectivity index is 1.29. The number of anilines is 1. The highest BCUT2D eigenvalue weighted by Crippen LogP contribution is 2.36. The Bertz CT molecular complexity index is 810. The van der Waals surface area contributed by atoms with Gasteiger partial charge in [0.1, 0.15) is 0 Å². The number of benzene rings is 1. The van der Waals surface area contributed by atoms with Gasteiger partial charge in [-0.3, -0.25) is 9.59 Å². The first-order valence-corrected chi connectivity index (χ1v) is 9.16. The maximum atomic E-state index is 12.1. The zero-order valence-electron chi connectivity index (χ0n) is 14.5. The fourth-order valence-corrected chi connectivity index (χ4v) is 2.86. The average molecular weight is 354 g/mol. The van der Waals surface area contributed by atoms with Gasteiger partial charge in [0.2, 0.25) is 11.8 Å². The molecule has 2 aromatic rings. The molecule has 0 bridgehead atoms. The van der Waals surface area contributed by atoms with Gasteiger partial charge in [0, 0.05) is 30.1 Å². The van der Waals surface area contributed by atoms with Gasteiger partial charge in [0.05, 0.1) is 6.04 Å². The summed E-state index contributed by atoms with van der Waals surface area (Å²) in [5.74, 6) is 0.987. The van der Waals surface area contributed by atoms with E-state index in [0.29, 0.717) is 25.4 Å². The molecule has 136 valence electrons. The second kappa shape index (κ2) is 7.23. The maximum absolute atomic E-state index is 12.1. The molecule has 2 aliphatic rings. The van der Waals surface area contributed by atoms with Crippen LogP contribution in [0.4, 0.5) is 5.69 Å². The molecule has 1 aromatic heterocycles. The number of carbonyl (C=O) groups is 2. The number of amides is 2. The first-order chi connectivity index (χ1) is 12.7. The zero-order chi connectivity index (χ0) is 17.9. The Morgan fingerprint density at radius 2 is 2.04 bits per heavy atom. The van der Waals surface area contributed by atoms with Gasteiger partial charge >= 0.3 is 0 Å². The normalized spacial score (nSPS) is 16.3. The van der Waals surface area contributed by atoms with Gasteiger partial charge < -0.3 is 10.6 Å². The van der Waals surface area contributed by atoms with E-state index in [1.165, 1.54) is 0 Å². The minimum absolute atomic E-state index is 0.0652. The number of nitrogens with one attached hydrogen (secondary N) is 2. The summed E-state index contributed by atoms with van der Waals surface area (Å²) in [6.45, 7) is 0.541. The van der Waals surface area contributed by atoms with E-state index in [1.54, 1.807) is 0 Å². The van der Waals surface area contributed by atoms with Crippen molar-refractivity contribution in [2.24, 2.45) is 5.92 Å². The minimum atomic E-state index is -0.0652. The highest BCUT2D eigenvalue weighted by atomic mass is 16.2. The van der Waals surface area contributed by atoms with E-state index in [0.717, 1.165) is 42.8 Å². The van der Waals surface area contributed by atoms with Crippen molar-refractivity contribution < 1.29 is 9.59 Å². The summed E-state index contributed by atoms with van der Waals surface area (Å²) in [5.41, 5.74) is 1.61. The number of rotatable bonds is 8. The van der Waals surface area contributed by atoms with Crippen molar-refractivity contribution in [3.8, 4) is 11.4 Å². The Kier molecular flexibility index (Phi) is 4.64. The molecule has 26 heavy (non-hydrogen) atoms.